The molecular weight excluding hydrogens is 318 g/mol. The first kappa shape index (κ1) is 17.2. The first-order valence-corrected chi connectivity index (χ1v) is 8.43. The molecule has 1 saturated heterocycles. The molecule has 1 aliphatic heterocycles. The van der Waals surface area contributed by atoms with Gasteiger partial charge in [-0.1, -0.05) is 11.6 Å². The van der Waals surface area contributed by atoms with Crippen molar-refractivity contribution in [3.63, 3.8) is 0 Å². The smallest absolute Gasteiger partial charge is 0.232 e. The molecule has 0 bridgehead atoms. The molecule has 2 N–H and O–H groups in total. The second-order valence-electron chi connectivity index (χ2n) is 6.74. The lowest BCUT2D eigenvalue weighted by molar-refractivity contribution is 0.481. The summed E-state index contributed by atoms with van der Waals surface area (Å²) < 4.78 is 0. The highest BCUT2D eigenvalue weighted by molar-refractivity contribution is 7.80. The van der Waals surface area contributed by atoms with Crippen LogP contribution >= 0.6 is 23.8 Å². The molecule has 22 heavy (non-hydrogen) atoms. The third-order valence-corrected chi connectivity index (χ3v) is 3.89. The van der Waals surface area contributed by atoms with E-state index in [1.807, 2.05) is 26.8 Å². The molecule has 1 aromatic heterocycles. The largest absolute Gasteiger partial charge is 0.358 e. The zero-order valence-electron chi connectivity index (χ0n) is 13.6. The summed E-state index contributed by atoms with van der Waals surface area (Å²) in [5, 5.41) is 7.11. The summed E-state index contributed by atoms with van der Waals surface area (Å²) >= 11 is 11.4. The minimum atomic E-state index is -0.118. The molecule has 122 valence electrons. The predicted octanol–water partition coefficient (Wildman–Crippen LogP) is 3.59. The molecule has 0 radical (unpaired) electrons. The van der Waals surface area contributed by atoms with Crippen molar-refractivity contribution in [3.8, 4) is 0 Å². The van der Waals surface area contributed by atoms with E-state index in [4.69, 9.17) is 23.8 Å². The summed E-state index contributed by atoms with van der Waals surface area (Å²) in [5.74, 6) is 1.29. The van der Waals surface area contributed by atoms with Crippen molar-refractivity contribution >= 4 is 40.7 Å². The standard InChI is InChI=1S/C15H24ClN5S/c1-10-7-5-6-8-21(10)12-9-11(16)17-13(18-12)19-14(22)20-15(2,3)4/h9-10H,5-8H2,1-4H3,(H2,17,18,19,20,22)/t10-/m0/s1. The van der Waals surface area contributed by atoms with Gasteiger partial charge >= 0.3 is 0 Å². The first-order valence-electron chi connectivity index (χ1n) is 7.65. The molecule has 0 amide bonds. The molecule has 0 spiro atoms. The van der Waals surface area contributed by atoms with Crippen molar-refractivity contribution in [3.05, 3.63) is 11.2 Å². The number of thiocarbonyl (C=S) groups is 1. The van der Waals surface area contributed by atoms with Crippen molar-refractivity contribution in [2.45, 2.75) is 58.5 Å². The zero-order chi connectivity index (χ0) is 16.3. The monoisotopic (exact) mass is 341 g/mol. The number of nitrogens with one attached hydrogen (secondary N) is 2. The Balaban J connectivity index is 2.14. The highest BCUT2D eigenvalue weighted by Gasteiger charge is 2.21. The van der Waals surface area contributed by atoms with Gasteiger partial charge in [0.15, 0.2) is 5.11 Å². The van der Waals surface area contributed by atoms with E-state index in [1.165, 1.54) is 19.3 Å². The molecule has 2 rings (SSSR count). The quantitative estimate of drug-likeness (QED) is 0.633. The van der Waals surface area contributed by atoms with Gasteiger partial charge in [0.25, 0.3) is 0 Å². The number of halogens is 1. The molecule has 0 unspecified atom stereocenters. The average molecular weight is 342 g/mol. The van der Waals surface area contributed by atoms with Gasteiger partial charge in [-0.15, -0.1) is 0 Å². The normalized spacial score (nSPS) is 19.0. The lowest BCUT2D eigenvalue weighted by Crippen LogP contribution is -2.43. The number of anilines is 2. The average Bonchev–Trinajstić information content (AvgIpc) is 2.35. The molecule has 0 aromatic carbocycles. The molecule has 5 nitrogen and oxygen atoms in total. The fraction of sp³-hybridized carbons (Fsp3) is 0.667. The van der Waals surface area contributed by atoms with Gasteiger partial charge in [-0.3, -0.25) is 0 Å². The van der Waals surface area contributed by atoms with Gasteiger partial charge in [-0.25, -0.2) is 4.98 Å². The number of piperidine rings is 1. The Morgan fingerprint density at radius 3 is 2.73 bits per heavy atom. The van der Waals surface area contributed by atoms with Crippen molar-refractivity contribution in [1.29, 1.82) is 0 Å². The fourth-order valence-corrected chi connectivity index (χ4v) is 3.10. The molecule has 1 fully saturated rings. The summed E-state index contributed by atoms with van der Waals surface area (Å²) in [5.41, 5.74) is -0.118. The van der Waals surface area contributed by atoms with Crippen molar-refractivity contribution in [2.24, 2.45) is 0 Å². The van der Waals surface area contributed by atoms with Gasteiger partial charge in [-0.2, -0.15) is 4.98 Å². The predicted molar refractivity (Wildman–Crippen MR) is 96.8 cm³/mol. The summed E-state index contributed by atoms with van der Waals surface area (Å²) in [7, 11) is 0. The molecule has 1 aromatic rings. The van der Waals surface area contributed by atoms with E-state index >= 15 is 0 Å². The molecule has 7 heteroatoms. The van der Waals surface area contributed by atoms with Crippen LogP contribution in [0, 0.1) is 0 Å². The van der Waals surface area contributed by atoms with Gasteiger partial charge in [-0.05, 0) is 59.2 Å². The lowest BCUT2D eigenvalue weighted by Gasteiger charge is -2.34. The van der Waals surface area contributed by atoms with Crippen LogP contribution in [-0.4, -0.2) is 33.2 Å². The molecule has 2 heterocycles. The molecule has 1 aliphatic rings. The Morgan fingerprint density at radius 1 is 1.36 bits per heavy atom. The Kier molecular flexibility index (Phi) is 5.45. The summed E-state index contributed by atoms with van der Waals surface area (Å²) in [6, 6.07) is 2.28. The number of rotatable bonds is 2. The van der Waals surface area contributed by atoms with Crippen LogP contribution in [-0.2, 0) is 0 Å². The van der Waals surface area contributed by atoms with Crippen molar-refractivity contribution < 1.29 is 0 Å². The Morgan fingerprint density at radius 2 is 2.09 bits per heavy atom. The minimum Gasteiger partial charge on any atom is -0.358 e. The van der Waals surface area contributed by atoms with E-state index in [0.717, 1.165) is 12.4 Å². The second-order valence-corrected chi connectivity index (χ2v) is 7.54. The van der Waals surface area contributed by atoms with E-state index in [2.05, 4.69) is 32.4 Å². The molecule has 0 saturated carbocycles. The van der Waals surface area contributed by atoms with E-state index < -0.39 is 0 Å². The topological polar surface area (TPSA) is 53.1 Å². The third-order valence-electron chi connectivity index (χ3n) is 3.49. The van der Waals surface area contributed by atoms with Gasteiger partial charge in [0.05, 0.1) is 0 Å². The maximum absolute atomic E-state index is 6.15. The van der Waals surface area contributed by atoms with E-state index in [-0.39, 0.29) is 5.54 Å². The molecule has 0 aliphatic carbocycles. The van der Waals surface area contributed by atoms with E-state index in [1.54, 1.807) is 0 Å². The van der Waals surface area contributed by atoms with Gasteiger partial charge in [0.2, 0.25) is 5.95 Å². The van der Waals surface area contributed by atoms with Crippen LogP contribution in [0.4, 0.5) is 11.8 Å². The van der Waals surface area contributed by atoms with Crippen molar-refractivity contribution in [2.75, 3.05) is 16.8 Å². The third kappa shape index (κ3) is 4.95. The Hall–Kier alpha value is -1.14. The number of hydrogen-bond donors (Lipinski definition) is 2. The molecular formula is C15H24ClN5S. The fourth-order valence-electron chi connectivity index (χ4n) is 2.52. The number of hydrogen-bond acceptors (Lipinski definition) is 4. The number of aromatic nitrogens is 2. The minimum absolute atomic E-state index is 0.118. The van der Waals surface area contributed by atoms with Crippen LogP contribution in [0.15, 0.2) is 6.07 Å². The van der Waals surface area contributed by atoms with Crippen LogP contribution in [0.5, 0.6) is 0 Å². The van der Waals surface area contributed by atoms with Gasteiger partial charge in [0.1, 0.15) is 11.0 Å². The molecule has 1 atom stereocenters. The highest BCUT2D eigenvalue weighted by atomic mass is 35.5. The second kappa shape index (κ2) is 6.96. The van der Waals surface area contributed by atoms with Crippen LogP contribution in [0.2, 0.25) is 5.15 Å². The van der Waals surface area contributed by atoms with Gasteiger partial charge < -0.3 is 15.5 Å². The summed E-state index contributed by atoms with van der Waals surface area (Å²) in [6.07, 6.45) is 3.62. The Labute approximate surface area is 142 Å². The van der Waals surface area contributed by atoms with Crippen LogP contribution in [0.3, 0.4) is 0 Å². The lowest BCUT2D eigenvalue weighted by atomic mass is 10.0. The first-order chi connectivity index (χ1) is 10.2. The summed E-state index contributed by atoms with van der Waals surface area (Å²) in [6.45, 7) is 9.34. The maximum Gasteiger partial charge on any atom is 0.232 e. The van der Waals surface area contributed by atoms with Crippen LogP contribution < -0.4 is 15.5 Å². The summed E-state index contributed by atoms with van der Waals surface area (Å²) in [4.78, 5) is 11.1. The van der Waals surface area contributed by atoms with Crippen molar-refractivity contribution in [1.82, 2.24) is 15.3 Å². The maximum atomic E-state index is 6.15. The van der Waals surface area contributed by atoms with Crippen LogP contribution in [0.1, 0.15) is 47.0 Å². The van der Waals surface area contributed by atoms with E-state index in [0.29, 0.717) is 22.3 Å². The van der Waals surface area contributed by atoms with E-state index in [9.17, 15) is 0 Å². The zero-order valence-corrected chi connectivity index (χ0v) is 15.2. The van der Waals surface area contributed by atoms with Gasteiger partial charge in [0, 0.05) is 24.2 Å². The van der Waals surface area contributed by atoms with Crippen LogP contribution in [0.25, 0.3) is 0 Å². The highest BCUT2D eigenvalue weighted by Crippen LogP contribution is 2.25. The Bertz CT molecular complexity index is 543. The SMILES string of the molecule is C[C@H]1CCCCN1c1cc(Cl)nc(NC(=S)NC(C)(C)C)n1. The number of nitrogens with zero attached hydrogens (tertiary/aromatic N) is 3.